The second-order valence-electron chi connectivity index (χ2n) is 5.16. The van der Waals surface area contributed by atoms with Crippen molar-refractivity contribution < 1.29 is 29.0 Å². The van der Waals surface area contributed by atoms with Gasteiger partial charge in [0.25, 0.3) is 11.1 Å². The molecule has 1 heterocycles. The molecule has 10 heteroatoms. The molecule has 0 aromatic heterocycles. The van der Waals surface area contributed by atoms with Crippen molar-refractivity contribution in [3.05, 3.63) is 27.1 Å². The number of rotatable bonds is 7. The molecule has 0 saturated carbocycles. The SMILES string of the molecule is COCCNC(=O)CN1C(=O)S/C(=C\c2cc(Br)c(O)c(OC)c2)C1=O. The van der Waals surface area contributed by atoms with Crippen LogP contribution in [0.4, 0.5) is 4.79 Å². The van der Waals surface area contributed by atoms with Gasteiger partial charge in [-0.3, -0.25) is 19.3 Å². The summed E-state index contributed by atoms with van der Waals surface area (Å²) in [5.74, 6) is -0.836. The fourth-order valence-corrected chi connectivity index (χ4v) is 3.41. The summed E-state index contributed by atoms with van der Waals surface area (Å²) in [4.78, 5) is 37.3. The van der Waals surface area contributed by atoms with Crippen molar-refractivity contribution >= 4 is 50.8 Å². The first-order valence-corrected chi connectivity index (χ1v) is 9.05. The quantitative estimate of drug-likeness (QED) is 0.488. The molecule has 0 atom stereocenters. The van der Waals surface area contributed by atoms with Crippen LogP contribution in [0.5, 0.6) is 11.5 Å². The van der Waals surface area contributed by atoms with Crippen LogP contribution in [-0.2, 0) is 14.3 Å². The van der Waals surface area contributed by atoms with Crippen LogP contribution in [-0.4, -0.2) is 61.0 Å². The minimum atomic E-state index is -0.551. The standard InChI is InChI=1S/C16H17BrN2O6S/c1-24-4-3-18-13(20)8-19-15(22)12(26-16(19)23)7-9-5-10(17)14(21)11(6-9)25-2/h5-7,21H,3-4,8H2,1-2H3,(H,18,20)/b12-7-. The average molecular weight is 445 g/mol. The monoisotopic (exact) mass is 444 g/mol. The number of thioether (sulfide) groups is 1. The third kappa shape index (κ3) is 4.77. The van der Waals surface area contributed by atoms with E-state index in [0.717, 1.165) is 16.7 Å². The molecule has 1 aliphatic heterocycles. The summed E-state index contributed by atoms with van der Waals surface area (Å²) in [6.07, 6.45) is 1.50. The van der Waals surface area contributed by atoms with Gasteiger partial charge in [-0.1, -0.05) is 0 Å². The summed E-state index contributed by atoms with van der Waals surface area (Å²) in [7, 11) is 2.91. The Morgan fingerprint density at radius 2 is 2.12 bits per heavy atom. The van der Waals surface area contributed by atoms with E-state index in [-0.39, 0.29) is 22.9 Å². The number of phenolic OH excluding ortho intramolecular Hbond substituents is 1. The fourth-order valence-electron chi connectivity index (χ4n) is 2.11. The fraction of sp³-hybridized carbons (Fsp3) is 0.312. The van der Waals surface area contributed by atoms with Crippen LogP contribution in [0.1, 0.15) is 5.56 Å². The maximum Gasteiger partial charge on any atom is 0.294 e. The normalized spacial score (nSPS) is 15.7. The maximum absolute atomic E-state index is 12.4. The van der Waals surface area contributed by atoms with Crippen LogP contribution in [0.25, 0.3) is 6.08 Å². The number of amides is 3. The molecule has 26 heavy (non-hydrogen) atoms. The van der Waals surface area contributed by atoms with Gasteiger partial charge in [0.2, 0.25) is 5.91 Å². The van der Waals surface area contributed by atoms with E-state index in [2.05, 4.69) is 21.2 Å². The van der Waals surface area contributed by atoms with Crippen molar-refractivity contribution in [3.8, 4) is 11.5 Å². The molecule has 0 spiro atoms. The first-order chi connectivity index (χ1) is 12.4. The first-order valence-electron chi connectivity index (χ1n) is 7.45. The molecule has 2 rings (SSSR count). The van der Waals surface area contributed by atoms with Crippen LogP contribution >= 0.6 is 27.7 Å². The van der Waals surface area contributed by atoms with Crippen LogP contribution in [0.2, 0.25) is 0 Å². The number of hydrogen-bond donors (Lipinski definition) is 2. The summed E-state index contributed by atoms with van der Waals surface area (Å²) in [5.41, 5.74) is 0.557. The zero-order valence-electron chi connectivity index (χ0n) is 14.1. The van der Waals surface area contributed by atoms with Crippen LogP contribution in [0, 0.1) is 0 Å². The van der Waals surface area contributed by atoms with E-state index >= 15 is 0 Å². The molecule has 1 fully saturated rings. The van der Waals surface area contributed by atoms with E-state index in [0.29, 0.717) is 23.2 Å². The Kier molecular flexibility index (Phi) is 7.06. The summed E-state index contributed by atoms with van der Waals surface area (Å²) in [6.45, 7) is 0.280. The number of nitrogens with zero attached hydrogens (tertiary/aromatic N) is 1. The first kappa shape index (κ1) is 20.3. The van der Waals surface area contributed by atoms with Crippen LogP contribution in [0.15, 0.2) is 21.5 Å². The lowest BCUT2D eigenvalue weighted by Gasteiger charge is -2.12. The predicted octanol–water partition coefficient (Wildman–Crippen LogP) is 1.96. The van der Waals surface area contributed by atoms with Crippen molar-refractivity contribution in [1.29, 1.82) is 0 Å². The Labute approximate surface area is 162 Å². The lowest BCUT2D eigenvalue weighted by molar-refractivity contribution is -0.129. The molecule has 0 unspecified atom stereocenters. The van der Waals surface area contributed by atoms with Crippen molar-refractivity contribution in [3.63, 3.8) is 0 Å². The van der Waals surface area contributed by atoms with Gasteiger partial charge in [0.1, 0.15) is 6.54 Å². The lowest BCUT2D eigenvalue weighted by atomic mass is 10.2. The lowest BCUT2D eigenvalue weighted by Crippen LogP contribution is -2.40. The Morgan fingerprint density at radius 1 is 1.38 bits per heavy atom. The molecule has 1 saturated heterocycles. The molecule has 1 aliphatic rings. The van der Waals surface area contributed by atoms with Gasteiger partial charge in [0.05, 0.1) is 23.1 Å². The van der Waals surface area contributed by atoms with Gasteiger partial charge in [-0.25, -0.2) is 0 Å². The van der Waals surface area contributed by atoms with Gasteiger partial charge in [-0.05, 0) is 51.5 Å². The summed E-state index contributed by atoms with van der Waals surface area (Å²) < 4.78 is 10.3. The van der Waals surface area contributed by atoms with Crippen molar-refractivity contribution in [2.45, 2.75) is 0 Å². The molecule has 0 aliphatic carbocycles. The minimum Gasteiger partial charge on any atom is -0.503 e. The molecule has 0 radical (unpaired) electrons. The second kappa shape index (κ2) is 9.06. The Balaban J connectivity index is 2.14. The average Bonchev–Trinajstić information content (AvgIpc) is 2.85. The number of carbonyl (C=O) groups excluding carboxylic acids is 3. The second-order valence-corrected chi connectivity index (χ2v) is 7.01. The van der Waals surface area contributed by atoms with Gasteiger partial charge in [0, 0.05) is 13.7 Å². The maximum atomic E-state index is 12.4. The molecule has 2 N–H and O–H groups in total. The predicted molar refractivity (Wildman–Crippen MR) is 99.9 cm³/mol. The van der Waals surface area contributed by atoms with Gasteiger partial charge >= 0.3 is 0 Å². The number of halogens is 1. The largest absolute Gasteiger partial charge is 0.503 e. The Bertz CT molecular complexity index is 767. The van der Waals surface area contributed by atoms with E-state index in [1.807, 2.05) is 0 Å². The number of aromatic hydroxyl groups is 1. The Morgan fingerprint density at radius 3 is 2.77 bits per heavy atom. The third-order valence-electron chi connectivity index (χ3n) is 3.37. The number of ether oxygens (including phenoxy) is 2. The van der Waals surface area contributed by atoms with Gasteiger partial charge in [0.15, 0.2) is 11.5 Å². The highest BCUT2D eigenvalue weighted by Gasteiger charge is 2.36. The van der Waals surface area contributed by atoms with Crippen LogP contribution < -0.4 is 10.1 Å². The smallest absolute Gasteiger partial charge is 0.294 e. The highest BCUT2D eigenvalue weighted by atomic mass is 79.9. The molecule has 1 aromatic carbocycles. The third-order valence-corrected chi connectivity index (χ3v) is 4.88. The number of imide groups is 1. The molecule has 3 amide bonds. The Hall–Kier alpha value is -2.04. The molecule has 1 aromatic rings. The van der Waals surface area contributed by atoms with E-state index in [1.165, 1.54) is 26.4 Å². The highest BCUT2D eigenvalue weighted by Crippen LogP contribution is 2.38. The van der Waals surface area contributed by atoms with Gasteiger partial charge in [-0.2, -0.15) is 0 Å². The van der Waals surface area contributed by atoms with E-state index in [1.54, 1.807) is 6.07 Å². The van der Waals surface area contributed by atoms with Gasteiger partial charge < -0.3 is 19.9 Å². The zero-order chi connectivity index (χ0) is 19.3. The van der Waals surface area contributed by atoms with Gasteiger partial charge in [-0.15, -0.1) is 0 Å². The summed E-state index contributed by atoms with van der Waals surface area (Å²) in [6, 6.07) is 3.12. The molecular weight excluding hydrogens is 428 g/mol. The van der Waals surface area contributed by atoms with E-state index in [4.69, 9.17) is 9.47 Å². The van der Waals surface area contributed by atoms with Crippen LogP contribution in [0.3, 0.4) is 0 Å². The molecule has 140 valence electrons. The van der Waals surface area contributed by atoms with E-state index < -0.39 is 17.1 Å². The number of carbonyl (C=O) groups is 3. The van der Waals surface area contributed by atoms with Crippen molar-refractivity contribution in [2.75, 3.05) is 33.9 Å². The summed E-state index contributed by atoms with van der Waals surface area (Å²) in [5, 5.41) is 11.9. The number of phenols is 1. The number of nitrogens with one attached hydrogen (secondary N) is 1. The molecule has 0 bridgehead atoms. The number of hydrogen-bond acceptors (Lipinski definition) is 7. The summed E-state index contributed by atoms with van der Waals surface area (Å²) >= 11 is 3.94. The molecule has 8 nitrogen and oxygen atoms in total. The molecular formula is C16H17BrN2O6S. The number of methoxy groups -OCH3 is 2. The number of benzene rings is 1. The highest BCUT2D eigenvalue weighted by molar-refractivity contribution is 9.10. The zero-order valence-corrected chi connectivity index (χ0v) is 16.5. The topological polar surface area (TPSA) is 105 Å². The van der Waals surface area contributed by atoms with Crippen molar-refractivity contribution in [1.82, 2.24) is 10.2 Å². The van der Waals surface area contributed by atoms with Crippen molar-refractivity contribution in [2.24, 2.45) is 0 Å². The minimum absolute atomic E-state index is 0.0644. The van der Waals surface area contributed by atoms with E-state index in [9.17, 15) is 19.5 Å².